The number of nitrogens with zero attached hydrogens (tertiary/aromatic N) is 1. The van der Waals surface area contributed by atoms with E-state index in [4.69, 9.17) is 10.5 Å². The summed E-state index contributed by atoms with van der Waals surface area (Å²) >= 11 is 0. The topological polar surface area (TPSA) is 38.5 Å². The van der Waals surface area contributed by atoms with Crippen LogP contribution in [0.15, 0.2) is 0 Å². The molecule has 0 aromatic heterocycles. The molecule has 1 aliphatic carbocycles. The van der Waals surface area contributed by atoms with Crippen molar-refractivity contribution in [1.82, 2.24) is 4.90 Å². The van der Waals surface area contributed by atoms with Crippen molar-refractivity contribution in [1.29, 1.82) is 0 Å². The predicted molar refractivity (Wildman–Crippen MR) is 75.7 cm³/mol. The molecule has 1 saturated carbocycles. The van der Waals surface area contributed by atoms with Crippen molar-refractivity contribution >= 4 is 0 Å². The summed E-state index contributed by atoms with van der Waals surface area (Å²) in [4.78, 5) is 2.63. The lowest BCUT2D eigenvalue weighted by Crippen LogP contribution is -2.50. The minimum absolute atomic E-state index is 0.233. The summed E-state index contributed by atoms with van der Waals surface area (Å²) in [6.07, 6.45) is 10.3. The van der Waals surface area contributed by atoms with Gasteiger partial charge in [0, 0.05) is 12.6 Å². The third-order valence-electron chi connectivity index (χ3n) is 4.80. The van der Waals surface area contributed by atoms with Crippen LogP contribution in [0.4, 0.5) is 0 Å². The van der Waals surface area contributed by atoms with Crippen LogP contribution >= 0.6 is 0 Å². The van der Waals surface area contributed by atoms with Crippen LogP contribution in [-0.2, 0) is 4.74 Å². The van der Waals surface area contributed by atoms with E-state index < -0.39 is 0 Å². The summed E-state index contributed by atoms with van der Waals surface area (Å²) in [5.41, 5.74) is 5.88. The van der Waals surface area contributed by atoms with Crippen molar-refractivity contribution in [3.05, 3.63) is 0 Å². The van der Waals surface area contributed by atoms with Crippen LogP contribution < -0.4 is 5.73 Å². The van der Waals surface area contributed by atoms with Gasteiger partial charge in [0.15, 0.2) is 0 Å². The molecule has 0 aromatic carbocycles. The Labute approximate surface area is 112 Å². The number of hydrogen-bond acceptors (Lipinski definition) is 3. The van der Waals surface area contributed by atoms with Crippen LogP contribution in [0.1, 0.15) is 58.3 Å². The molecule has 3 heteroatoms. The molecule has 1 saturated heterocycles. The Balaban J connectivity index is 1.91. The van der Waals surface area contributed by atoms with Gasteiger partial charge in [0.1, 0.15) is 0 Å². The van der Waals surface area contributed by atoms with Crippen molar-refractivity contribution in [3.8, 4) is 0 Å². The largest absolute Gasteiger partial charge is 0.375 e. The summed E-state index contributed by atoms with van der Waals surface area (Å²) in [6.45, 7) is 6.36. The van der Waals surface area contributed by atoms with Gasteiger partial charge in [-0.15, -0.1) is 0 Å². The third kappa shape index (κ3) is 3.46. The molecule has 0 aromatic rings. The highest BCUT2D eigenvalue weighted by atomic mass is 16.5. The first kappa shape index (κ1) is 14.3. The van der Waals surface area contributed by atoms with E-state index in [1.807, 2.05) is 0 Å². The van der Waals surface area contributed by atoms with Gasteiger partial charge in [-0.2, -0.15) is 0 Å². The van der Waals surface area contributed by atoms with E-state index in [-0.39, 0.29) is 5.60 Å². The highest BCUT2D eigenvalue weighted by Gasteiger charge is 2.39. The fourth-order valence-electron chi connectivity index (χ4n) is 3.75. The summed E-state index contributed by atoms with van der Waals surface area (Å²) in [6, 6.07) is 0.730. The standard InChI is InChI=1S/C15H30N2O/c1-2-17(11-6-10-16)14-7-12-18-15(13-14)8-4-3-5-9-15/h14H,2-13,16H2,1H3. The lowest BCUT2D eigenvalue weighted by molar-refractivity contribution is -0.123. The van der Waals surface area contributed by atoms with E-state index in [1.54, 1.807) is 0 Å². The fraction of sp³-hybridized carbons (Fsp3) is 1.00. The second kappa shape index (κ2) is 6.88. The zero-order valence-electron chi connectivity index (χ0n) is 12.0. The molecule has 1 aliphatic heterocycles. The van der Waals surface area contributed by atoms with Gasteiger partial charge in [0.25, 0.3) is 0 Å². The Morgan fingerprint density at radius 3 is 2.72 bits per heavy atom. The van der Waals surface area contributed by atoms with E-state index in [0.29, 0.717) is 0 Å². The number of nitrogens with two attached hydrogens (primary N) is 1. The summed E-state index contributed by atoms with van der Waals surface area (Å²) in [5.74, 6) is 0. The van der Waals surface area contributed by atoms with Gasteiger partial charge in [0.2, 0.25) is 0 Å². The Morgan fingerprint density at radius 1 is 1.28 bits per heavy atom. The molecule has 2 N–H and O–H groups in total. The van der Waals surface area contributed by atoms with Crippen LogP contribution in [0.2, 0.25) is 0 Å². The number of rotatable bonds is 5. The van der Waals surface area contributed by atoms with E-state index in [1.165, 1.54) is 44.9 Å². The summed E-state index contributed by atoms with van der Waals surface area (Å²) in [5, 5.41) is 0. The summed E-state index contributed by atoms with van der Waals surface area (Å²) in [7, 11) is 0. The molecule has 2 fully saturated rings. The normalized spacial score (nSPS) is 27.8. The van der Waals surface area contributed by atoms with Crippen LogP contribution in [-0.4, -0.2) is 42.8 Å². The van der Waals surface area contributed by atoms with Crippen molar-refractivity contribution in [2.75, 3.05) is 26.2 Å². The predicted octanol–water partition coefficient (Wildman–Crippen LogP) is 2.54. The molecular formula is C15H30N2O. The Hall–Kier alpha value is -0.120. The van der Waals surface area contributed by atoms with Gasteiger partial charge >= 0.3 is 0 Å². The van der Waals surface area contributed by atoms with Gasteiger partial charge < -0.3 is 15.4 Å². The quantitative estimate of drug-likeness (QED) is 0.819. The second-order valence-corrected chi connectivity index (χ2v) is 6.01. The second-order valence-electron chi connectivity index (χ2n) is 6.01. The van der Waals surface area contributed by atoms with Crippen LogP contribution in [0.3, 0.4) is 0 Å². The molecule has 1 unspecified atom stereocenters. The van der Waals surface area contributed by atoms with Crippen LogP contribution in [0.5, 0.6) is 0 Å². The Morgan fingerprint density at radius 2 is 2.06 bits per heavy atom. The zero-order valence-corrected chi connectivity index (χ0v) is 12.0. The van der Waals surface area contributed by atoms with Crippen LogP contribution in [0.25, 0.3) is 0 Å². The van der Waals surface area contributed by atoms with Gasteiger partial charge in [-0.3, -0.25) is 0 Å². The van der Waals surface area contributed by atoms with Gasteiger partial charge in [0.05, 0.1) is 5.60 Å². The van der Waals surface area contributed by atoms with Gasteiger partial charge in [-0.1, -0.05) is 26.2 Å². The third-order valence-corrected chi connectivity index (χ3v) is 4.80. The molecule has 18 heavy (non-hydrogen) atoms. The van der Waals surface area contributed by atoms with E-state index in [2.05, 4.69) is 11.8 Å². The Kier molecular flexibility index (Phi) is 5.46. The van der Waals surface area contributed by atoms with Crippen molar-refractivity contribution in [2.45, 2.75) is 69.9 Å². The van der Waals surface area contributed by atoms with Crippen LogP contribution in [0, 0.1) is 0 Å². The minimum atomic E-state index is 0.233. The smallest absolute Gasteiger partial charge is 0.0697 e. The SMILES string of the molecule is CCN(CCCN)C1CCOC2(CCCCC2)C1. The molecule has 0 amide bonds. The van der Waals surface area contributed by atoms with E-state index >= 15 is 0 Å². The monoisotopic (exact) mass is 254 g/mol. The molecule has 2 rings (SSSR count). The zero-order chi connectivity index (χ0) is 12.8. The molecule has 1 heterocycles. The first-order valence-corrected chi connectivity index (χ1v) is 7.88. The lowest BCUT2D eigenvalue weighted by atomic mass is 9.78. The molecule has 3 nitrogen and oxygen atoms in total. The van der Waals surface area contributed by atoms with Gasteiger partial charge in [-0.25, -0.2) is 0 Å². The minimum Gasteiger partial charge on any atom is -0.375 e. The average Bonchev–Trinajstić information content (AvgIpc) is 2.41. The van der Waals surface area contributed by atoms with E-state index in [0.717, 1.165) is 38.7 Å². The molecule has 2 aliphatic rings. The van der Waals surface area contributed by atoms with Crippen molar-refractivity contribution < 1.29 is 4.74 Å². The molecule has 0 radical (unpaired) electrons. The lowest BCUT2D eigenvalue weighted by Gasteiger charge is -2.46. The molecule has 1 spiro atoms. The molecule has 0 bridgehead atoms. The number of hydrogen-bond donors (Lipinski definition) is 1. The highest BCUT2D eigenvalue weighted by Crippen LogP contribution is 2.39. The highest BCUT2D eigenvalue weighted by molar-refractivity contribution is 4.92. The van der Waals surface area contributed by atoms with Crippen molar-refractivity contribution in [3.63, 3.8) is 0 Å². The first-order valence-electron chi connectivity index (χ1n) is 7.88. The fourth-order valence-corrected chi connectivity index (χ4v) is 3.75. The maximum atomic E-state index is 6.18. The maximum Gasteiger partial charge on any atom is 0.0697 e. The Bertz CT molecular complexity index is 233. The van der Waals surface area contributed by atoms with Gasteiger partial charge in [-0.05, 0) is 51.7 Å². The molecule has 1 atom stereocenters. The maximum absolute atomic E-state index is 6.18. The van der Waals surface area contributed by atoms with Crippen molar-refractivity contribution in [2.24, 2.45) is 5.73 Å². The summed E-state index contributed by atoms with van der Waals surface area (Å²) < 4.78 is 6.18. The van der Waals surface area contributed by atoms with E-state index in [9.17, 15) is 0 Å². The number of ether oxygens (including phenoxy) is 1. The molecular weight excluding hydrogens is 224 g/mol. The first-order chi connectivity index (χ1) is 8.79. The molecule has 106 valence electrons. The average molecular weight is 254 g/mol.